The number of rotatable bonds is 7. The third-order valence-electron chi connectivity index (χ3n) is 3.23. The quantitative estimate of drug-likeness (QED) is 0.699. The highest BCUT2D eigenvalue weighted by Crippen LogP contribution is 2.27. The fourth-order valence-electron chi connectivity index (χ4n) is 1.92. The number of alkyl halides is 3. The van der Waals surface area contributed by atoms with E-state index < -0.39 is 12.8 Å². The zero-order chi connectivity index (χ0) is 18.3. The minimum absolute atomic E-state index is 0.00362. The molecule has 0 saturated carbocycles. The minimum Gasteiger partial charge on any atom is -0.482 e. The topological polar surface area (TPSA) is 38.3 Å². The van der Waals surface area contributed by atoms with Gasteiger partial charge in [0.2, 0.25) is 5.91 Å². The molecule has 0 aromatic heterocycles. The Morgan fingerprint density at radius 3 is 2.44 bits per heavy atom. The first kappa shape index (κ1) is 19.2. The van der Waals surface area contributed by atoms with Crippen molar-refractivity contribution in [2.75, 3.05) is 17.7 Å². The second-order valence-electron chi connectivity index (χ2n) is 5.41. The third kappa shape index (κ3) is 6.70. The molecule has 0 spiro atoms. The van der Waals surface area contributed by atoms with Crippen LogP contribution >= 0.6 is 11.8 Å². The van der Waals surface area contributed by atoms with Gasteiger partial charge in [0.15, 0.2) is 6.61 Å². The number of para-hydroxylation sites is 2. The van der Waals surface area contributed by atoms with Crippen molar-refractivity contribution < 1.29 is 22.7 Å². The van der Waals surface area contributed by atoms with E-state index in [1.807, 2.05) is 30.3 Å². The molecule has 0 radical (unpaired) electrons. The number of anilines is 1. The molecule has 0 aliphatic rings. The maximum Gasteiger partial charge on any atom is 0.422 e. The van der Waals surface area contributed by atoms with E-state index in [0.29, 0.717) is 5.75 Å². The molecule has 0 heterocycles. The smallest absolute Gasteiger partial charge is 0.422 e. The van der Waals surface area contributed by atoms with Crippen LogP contribution in [0.2, 0.25) is 0 Å². The summed E-state index contributed by atoms with van der Waals surface area (Å²) in [5.74, 6) is -0.0371. The maximum atomic E-state index is 12.3. The van der Waals surface area contributed by atoms with Crippen LogP contribution in [0.15, 0.2) is 59.5 Å². The molecule has 3 nitrogen and oxygen atoms in total. The first-order chi connectivity index (χ1) is 11.8. The molecule has 0 fully saturated rings. The van der Waals surface area contributed by atoms with E-state index in [-0.39, 0.29) is 23.3 Å². The molecule has 2 aromatic carbocycles. The summed E-state index contributed by atoms with van der Waals surface area (Å²) in [5.41, 5.74) is 0.230. The summed E-state index contributed by atoms with van der Waals surface area (Å²) in [6.07, 6.45) is -4.43. The lowest BCUT2D eigenvalue weighted by molar-refractivity contribution is -0.153. The second-order valence-corrected chi connectivity index (χ2v) is 6.51. The fourth-order valence-corrected chi connectivity index (χ4v) is 2.87. The molecule has 1 atom stereocenters. The number of amides is 1. The Morgan fingerprint density at radius 1 is 1.12 bits per heavy atom. The van der Waals surface area contributed by atoms with E-state index in [2.05, 4.69) is 5.32 Å². The molecule has 0 bridgehead atoms. The number of benzene rings is 2. The van der Waals surface area contributed by atoms with Crippen LogP contribution in [0.3, 0.4) is 0 Å². The predicted molar refractivity (Wildman–Crippen MR) is 93.0 cm³/mol. The Kier molecular flexibility index (Phi) is 6.75. The summed E-state index contributed by atoms with van der Waals surface area (Å²) in [4.78, 5) is 13.3. The van der Waals surface area contributed by atoms with Gasteiger partial charge in [-0.05, 0) is 24.3 Å². The van der Waals surface area contributed by atoms with E-state index in [9.17, 15) is 18.0 Å². The molecule has 134 valence electrons. The lowest BCUT2D eigenvalue weighted by Gasteiger charge is -2.16. The molecular formula is C18H18F3NO2S. The number of ether oxygens (including phenoxy) is 1. The van der Waals surface area contributed by atoms with Gasteiger partial charge in [-0.25, -0.2) is 0 Å². The van der Waals surface area contributed by atoms with Gasteiger partial charge in [0, 0.05) is 16.6 Å². The van der Waals surface area contributed by atoms with E-state index in [1.165, 1.54) is 12.1 Å². The first-order valence-electron chi connectivity index (χ1n) is 7.62. The Morgan fingerprint density at radius 2 is 1.76 bits per heavy atom. The molecule has 2 rings (SSSR count). The number of carbonyl (C=O) groups excluding carboxylic acids is 1. The predicted octanol–water partition coefficient (Wildman–Crippen LogP) is 4.99. The summed E-state index contributed by atoms with van der Waals surface area (Å²) in [5, 5.41) is 2.64. The van der Waals surface area contributed by atoms with Gasteiger partial charge in [-0.15, -0.1) is 11.8 Å². The Hall–Kier alpha value is -2.15. The van der Waals surface area contributed by atoms with Crippen LogP contribution in [-0.4, -0.2) is 24.4 Å². The van der Waals surface area contributed by atoms with Crippen molar-refractivity contribution in [2.24, 2.45) is 5.92 Å². The van der Waals surface area contributed by atoms with Crippen molar-refractivity contribution in [1.82, 2.24) is 0 Å². The standard InChI is InChI=1S/C18H18F3NO2S/c1-13(11-25-14-7-3-2-4-8-14)17(23)22-15-9-5-6-10-16(15)24-12-18(19,20)21/h2-10,13H,11-12H2,1H3,(H,22,23). The average molecular weight is 369 g/mol. The van der Waals surface area contributed by atoms with Gasteiger partial charge >= 0.3 is 6.18 Å². The van der Waals surface area contributed by atoms with Crippen molar-refractivity contribution in [3.8, 4) is 5.75 Å². The molecular weight excluding hydrogens is 351 g/mol. The van der Waals surface area contributed by atoms with Gasteiger partial charge in [0.25, 0.3) is 0 Å². The highest BCUT2D eigenvalue weighted by Gasteiger charge is 2.29. The van der Waals surface area contributed by atoms with Crippen LogP contribution in [-0.2, 0) is 4.79 Å². The molecule has 25 heavy (non-hydrogen) atoms. The van der Waals surface area contributed by atoms with Gasteiger partial charge < -0.3 is 10.1 Å². The summed E-state index contributed by atoms with van der Waals surface area (Å²) < 4.78 is 41.7. The lowest BCUT2D eigenvalue weighted by atomic mass is 10.2. The fraction of sp³-hybridized carbons (Fsp3) is 0.278. The summed E-state index contributed by atoms with van der Waals surface area (Å²) in [6.45, 7) is 0.365. The van der Waals surface area contributed by atoms with E-state index >= 15 is 0 Å². The monoisotopic (exact) mass is 369 g/mol. The SMILES string of the molecule is CC(CSc1ccccc1)C(=O)Nc1ccccc1OCC(F)(F)F. The zero-order valence-electron chi connectivity index (χ0n) is 13.5. The molecule has 0 saturated heterocycles. The highest BCUT2D eigenvalue weighted by atomic mass is 32.2. The normalized spacial score (nSPS) is 12.5. The van der Waals surface area contributed by atoms with Crippen molar-refractivity contribution >= 4 is 23.4 Å². The molecule has 1 amide bonds. The van der Waals surface area contributed by atoms with Crippen LogP contribution in [0.4, 0.5) is 18.9 Å². The molecule has 7 heteroatoms. The van der Waals surface area contributed by atoms with Gasteiger partial charge in [-0.1, -0.05) is 37.3 Å². The molecule has 1 N–H and O–H groups in total. The highest BCUT2D eigenvalue weighted by molar-refractivity contribution is 7.99. The number of halogens is 3. The molecule has 2 aromatic rings. The van der Waals surface area contributed by atoms with Gasteiger partial charge in [0.1, 0.15) is 5.75 Å². The summed E-state index contributed by atoms with van der Waals surface area (Å²) in [7, 11) is 0. The van der Waals surface area contributed by atoms with E-state index in [4.69, 9.17) is 4.74 Å². The molecule has 0 aliphatic carbocycles. The van der Waals surface area contributed by atoms with Crippen LogP contribution in [0.1, 0.15) is 6.92 Å². The maximum absolute atomic E-state index is 12.3. The first-order valence-corrected chi connectivity index (χ1v) is 8.61. The lowest BCUT2D eigenvalue weighted by Crippen LogP contribution is -2.23. The van der Waals surface area contributed by atoms with Gasteiger partial charge in [-0.3, -0.25) is 4.79 Å². The zero-order valence-corrected chi connectivity index (χ0v) is 14.4. The Bertz CT molecular complexity index is 692. The number of thioether (sulfide) groups is 1. The van der Waals surface area contributed by atoms with Crippen LogP contribution in [0.5, 0.6) is 5.75 Å². The third-order valence-corrected chi connectivity index (χ3v) is 4.50. The van der Waals surface area contributed by atoms with Gasteiger partial charge in [0.05, 0.1) is 5.69 Å². The van der Waals surface area contributed by atoms with Crippen molar-refractivity contribution in [3.63, 3.8) is 0 Å². The minimum atomic E-state index is -4.43. The Labute approximate surface area is 148 Å². The van der Waals surface area contributed by atoms with Crippen molar-refractivity contribution in [1.29, 1.82) is 0 Å². The number of hydrogen-bond acceptors (Lipinski definition) is 3. The molecule has 1 unspecified atom stereocenters. The number of nitrogens with one attached hydrogen (secondary N) is 1. The van der Waals surface area contributed by atoms with Gasteiger partial charge in [-0.2, -0.15) is 13.2 Å². The van der Waals surface area contributed by atoms with Crippen LogP contribution in [0, 0.1) is 5.92 Å². The summed E-state index contributed by atoms with van der Waals surface area (Å²) >= 11 is 1.54. The Balaban J connectivity index is 1.93. The number of carbonyl (C=O) groups is 1. The van der Waals surface area contributed by atoms with E-state index in [1.54, 1.807) is 30.8 Å². The van der Waals surface area contributed by atoms with Crippen LogP contribution in [0.25, 0.3) is 0 Å². The second kappa shape index (κ2) is 8.80. The van der Waals surface area contributed by atoms with Crippen molar-refractivity contribution in [3.05, 3.63) is 54.6 Å². The summed E-state index contributed by atoms with van der Waals surface area (Å²) in [6, 6.07) is 15.7. The van der Waals surface area contributed by atoms with Crippen LogP contribution < -0.4 is 10.1 Å². The van der Waals surface area contributed by atoms with Crippen molar-refractivity contribution in [2.45, 2.75) is 18.0 Å². The van der Waals surface area contributed by atoms with E-state index in [0.717, 1.165) is 4.90 Å². The number of hydrogen-bond donors (Lipinski definition) is 1. The largest absolute Gasteiger partial charge is 0.482 e. The average Bonchev–Trinajstić information content (AvgIpc) is 2.59. The molecule has 0 aliphatic heterocycles.